The summed E-state index contributed by atoms with van der Waals surface area (Å²) < 4.78 is 15.9. The van der Waals surface area contributed by atoms with Gasteiger partial charge in [-0.3, -0.25) is 4.79 Å². The largest absolute Gasteiger partial charge is 0.500 e. The Hall–Kier alpha value is -0.493. The maximum Gasteiger partial charge on any atom is 0.500 e. The van der Waals surface area contributed by atoms with Crippen LogP contribution < -0.4 is 0 Å². The normalized spacial score (nSPS) is 11.5. The molecule has 100 valence electrons. The highest BCUT2D eigenvalue weighted by molar-refractivity contribution is 6.60. The molecule has 0 radical (unpaired) electrons. The molecule has 0 N–H and O–H groups in total. The van der Waals surface area contributed by atoms with E-state index in [-0.39, 0.29) is 5.78 Å². The van der Waals surface area contributed by atoms with E-state index in [0.717, 1.165) is 25.3 Å². The van der Waals surface area contributed by atoms with Crippen molar-refractivity contribution >= 4 is 14.6 Å². The van der Waals surface area contributed by atoms with Gasteiger partial charge in [0, 0.05) is 33.8 Å². The second kappa shape index (κ2) is 8.58. The molecule has 0 unspecified atom stereocenters. The summed E-state index contributed by atoms with van der Waals surface area (Å²) >= 11 is 0. The monoisotopic (exact) mass is 260 g/mol. The minimum absolute atomic E-state index is 0.152. The number of hydrogen-bond donors (Lipinski definition) is 0. The van der Waals surface area contributed by atoms with E-state index in [1.165, 1.54) is 0 Å². The van der Waals surface area contributed by atoms with Crippen LogP contribution in [0.5, 0.6) is 0 Å². The maximum atomic E-state index is 11.3. The molecule has 0 bridgehead atoms. The maximum absolute atomic E-state index is 11.3. The fourth-order valence-corrected chi connectivity index (χ4v) is 3.37. The van der Waals surface area contributed by atoms with E-state index in [4.69, 9.17) is 13.3 Å². The lowest BCUT2D eigenvalue weighted by Crippen LogP contribution is -2.42. The summed E-state index contributed by atoms with van der Waals surface area (Å²) in [6.45, 7) is 5.38. The lowest BCUT2D eigenvalue weighted by atomic mass is 10.1. The number of rotatable bonds is 10. The summed E-state index contributed by atoms with van der Waals surface area (Å²) in [5.41, 5.74) is 0.638. The van der Waals surface area contributed by atoms with Crippen molar-refractivity contribution in [2.24, 2.45) is 0 Å². The van der Waals surface area contributed by atoms with Crippen LogP contribution in [0.1, 0.15) is 32.6 Å². The van der Waals surface area contributed by atoms with Gasteiger partial charge in [0.25, 0.3) is 0 Å². The molecular weight excluding hydrogens is 236 g/mol. The lowest BCUT2D eigenvalue weighted by Gasteiger charge is -2.24. The van der Waals surface area contributed by atoms with Gasteiger partial charge < -0.3 is 13.3 Å². The predicted octanol–water partition coefficient (Wildman–Crippen LogP) is 2.57. The van der Waals surface area contributed by atoms with Crippen LogP contribution in [-0.4, -0.2) is 35.9 Å². The zero-order valence-electron chi connectivity index (χ0n) is 11.4. The van der Waals surface area contributed by atoms with E-state index < -0.39 is 8.80 Å². The molecule has 0 aromatic carbocycles. The predicted molar refractivity (Wildman–Crippen MR) is 69.9 cm³/mol. The Balaban J connectivity index is 3.76. The molecule has 0 aliphatic rings. The molecule has 0 saturated heterocycles. The first-order valence-electron chi connectivity index (χ1n) is 5.85. The number of carbonyl (C=O) groups excluding carboxylic acids is 1. The second-order valence-corrected chi connectivity index (χ2v) is 7.15. The number of allylic oxidation sites excluding steroid dienone is 1. The van der Waals surface area contributed by atoms with Gasteiger partial charge in [-0.1, -0.05) is 13.0 Å². The first-order valence-corrected chi connectivity index (χ1v) is 7.78. The molecule has 0 aromatic heterocycles. The quantitative estimate of drug-likeness (QED) is 0.344. The Kier molecular flexibility index (Phi) is 8.33. The Bertz CT molecular complexity index is 241. The Morgan fingerprint density at radius 3 is 2.00 bits per heavy atom. The van der Waals surface area contributed by atoms with Crippen LogP contribution in [-0.2, 0) is 18.1 Å². The van der Waals surface area contributed by atoms with Gasteiger partial charge in [-0.25, -0.2) is 0 Å². The first kappa shape index (κ1) is 16.5. The summed E-state index contributed by atoms with van der Waals surface area (Å²) in [6, 6.07) is 0.789. The van der Waals surface area contributed by atoms with Crippen molar-refractivity contribution in [3.05, 3.63) is 12.2 Å². The number of ketones is 1. The van der Waals surface area contributed by atoms with Crippen LogP contribution in [0.25, 0.3) is 0 Å². The van der Waals surface area contributed by atoms with Gasteiger partial charge in [-0.05, 0) is 25.3 Å². The van der Waals surface area contributed by atoms with Crippen molar-refractivity contribution in [1.82, 2.24) is 0 Å². The smallest absolute Gasteiger partial charge is 0.377 e. The minimum atomic E-state index is -2.42. The third-order valence-electron chi connectivity index (χ3n) is 2.80. The van der Waals surface area contributed by atoms with Crippen molar-refractivity contribution in [3.63, 3.8) is 0 Å². The molecule has 0 atom stereocenters. The highest BCUT2D eigenvalue weighted by atomic mass is 28.4. The van der Waals surface area contributed by atoms with Crippen LogP contribution >= 0.6 is 0 Å². The molecular formula is C12H24O4Si. The molecule has 0 heterocycles. The summed E-state index contributed by atoms with van der Waals surface area (Å²) in [4.78, 5) is 11.3. The van der Waals surface area contributed by atoms with Crippen LogP contribution in [0.4, 0.5) is 0 Å². The molecule has 4 nitrogen and oxygen atoms in total. The third kappa shape index (κ3) is 6.12. The van der Waals surface area contributed by atoms with Crippen LogP contribution in [0.15, 0.2) is 12.2 Å². The summed E-state index contributed by atoms with van der Waals surface area (Å²) in [6.07, 6.45) is 3.39. The fraction of sp³-hybridized carbons (Fsp3) is 0.750. The standard InChI is InChI=1S/C12H24O4Si/c1-11(2)12(13)9-7-6-8-10-17(14-3,15-4)16-5/h1,6-10H2,2-5H3. The number of hydrogen-bond acceptors (Lipinski definition) is 4. The Morgan fingerprint density at radius 1 is 1.06 bits per heavy atom. The third-order valence-corrected chi connectivity index (χ3v) is 5.63. The van der Waals surface area contributed by atoms with Gasteiger partial charge in [0.05, 0.1) is 0 Å². The average Bonchev–Trinajstić information content (AvgIpc) is 2.34. The Morgan fingerprint density at radius 2 is 1.59 bits per heavy atom. The number of Topliss-reactive ketones (excluding diaryl/α,β-unsaturated/α-hetero) is 1. The fourth-order valence-electron chi connectivity index (χ4n) is 1.57. The van der Waals surface area contributed by atoms with E-state index >= 15 is 0 Å². The van der Waals surface area contributed by atoms with Crippen molar-refractivity contribution in [3.8, 4) is 0 Å². The molecule has 0 aliphatic carbocycles. The Labute approximate surface area is 105 Å². The van der Waals surface area contributed by atoms with Crippen molar-refractivity contribution < 1.29 is 18.1 Å². The van der Waals surface area contributed by atoms with Gasteiger partial charge in [0.2, 0.25) is 0 Å². The van der Waals surface area contributed by atoms with E-state index in [1.807, 2.05) is 0 Å². The van der Waals surface area contributed by atoms with Crippen LogP contribution in [0.2, 0.25) is 6.04 Å². The average molecular weight is 260 g/mol. The SMILES string of the molecule is C=C(C)C(=O)CCCCC[Si](OC)(OC)OC. The van der Waals surface area contributed by atoms with Crippen molar-refractivity contribution in [2.45, 2.75) is 38.7 Å². The number of unbranched alkanes of at least 4 members (excludes halogenated alkanes) is 2. The topological polar surface area (TPSA) is 44.8 Å². The van der Waals surface area contributed by atoms with Gasteiger partial charge in [0.1, 0.15) is 0 Å². The molecule has 0 aromatic rings. The molecule has 0 saturated carbocycles. The summed E-state index contributed by atoms with van der Waals surface area (Å²) in [5.74, 6) is 0.152. The molecule has 0 amide bonds. The first-order chi connectivity index (χ1) is 8.01. The zero-order valence-corrected chi connectivity index (χ0v) is 12.4. The number of carbonyl (C=O) groups is 1. The zero-order chi connectivity index (χ0) is 13.3. The van der Waals surface area contributed by atoms with Gasteiger partial charge >= 0.3 is 8.80 Å². The molecule has 0 rings (SSSR count). The lowest BCUT2D eigenvalue weighted by molar-refractivity contribution is -0.115. The van der Waals surface area contributed by atoms with Gasteiger partial charge in [0.15, 0.2) is 5.78 Å². The molecule has 0 fully saturated rings. The van der Waals surface area contributed by atoms with E-state index in [1.54, 1.807) is 28.3 Å². The van der Waals surface area contributed by atoms with Crippen LogP contribution in [0, 0.1) is 0 Å². The van der Waals surface area contributed by atoms with Gasteiger partial charge in [-0.15, -0.1) is 0 Å². The van der Waals surface area contributed by atoms with Gasteiger partial charge in [-0.2, -0.15) is 0 Å². The highest BCUT2D eigenvalue weighted by Gasteiger charge is 2.36. The van der Waals surface area contributed by atoms with E-state index in [2.05, 4.69) is 6.58 Å². The molecule has 5 heteroatoms. The summed E-state index contributed by atoms with van der Waals surface area (Å²) in [7, 11) is 2.43. The van der Waals surface area contributed by atoms with E-state index in [9.17, 15) is 4.79 Å². The van der Waals surface area contributed by atoms with E-state index in [0.29, 0.717) is 12.0 Å². The summed E-state index contributed by atoms with van der Waals surface area (Å²) in [5, 5.41) is 0. The molecule has 0 spiro atoms. The molecule has 17 heavy (non-hydrogen) atoms. The second-order valence-electron chi connectivity index (χ2n) is 4.06. The van der Waals surface area contributed by atoms with Crippen molar-refractivity contribution in [1.29, 1.82) is 0 Å². The molecule has 0 aliphatic heterocycles. The van der Waals surface area contributed by atoms with Crippen LogP contribution in [0.3, 0.4) is 0 Å². The highest BCUT2D eigenvalue weighted by Crippen LogP contribution is 2.17. The minimum Gasteiger partial charge on any atom is -0.377 e. The van der Waals surface area contributed by atoms with Crippen molar-refractivity contribution in [2.75, 3.05) is 21.3 Å².